The molecule has 0 saturated heterocycles. The molecular formula is C25H29NO5. The Kier molecular flexibility index (Phi) is 7.45. The zero-order chi connectivity index (χ0) is 22.4. The number of carbonyl (C=O) groups excluding carboxylic acids is 3. The number of anilines is 1. The first-order valence-corrected chi connectivity index (χ1v) is 10.7. The fourth-order valence-corrected chi connectivity index (χ4v) is 3.99. The van der Waals surface area contributed by atoms with Crippen LogP contribution in [0.1, 0.15) is 55.5 Å². The summed E-state index contributed by atoms with van der Waals surface area (Å²) in [4.78, 5) is 37.2. The van der Waals surface area contributed by atoms with Crippen LogP contribution in [-0.2, 0) is 16.0 Å². The van der Waals surface area contributed by atoms with Gasteiger partial charge in [-0.3, -0.25) is 9.59 Å². The number of ketones is 2. The largest absolute Gasteiger partial charge is 0.507 e. The highest BCUT2D eigenvalue weighted by atomic mass is 16.5. The first kappa shape index (κ1) is 22.5. The highest BCUT2D eigenvalue weighted by molar-refractivity contribution is 6.09. The minimum atomic E-state index is -0.504. The van der Waals surface area contributed by atoms with Gasteiger partial charge in [0.05, 0.1) is 17.4 Å². The zero-order valence-corrected chi connectivity index (χ0v) is 18.0. The summed E-state index contributed by atoms with van der Waals surface area (Å²) in [5, 5.41) is 10.5. The van der Waals surface area contributed by atoms with Gasteiger partial charge in [-0.15, -0.1) is 0 Å². The highest BCUT2D eigenvalue weighted by Crippen LogP contribution is 2.40. The Morgan fingerprint density at radius 1 is 1.29 bits per heavy atom. The molecule has 164 valence electrons. The highest BCUT2D eigenvalue weighted by Gasteiger charge is 2.34. The number of rotatable bonds is 10. The van der Waals surface area contributed by atoms with Crippen LogP contribution in [0.3, 0.4) is 0 Å². The normalized spacial score (nSPS) is 16.5. The van der Waals surface area contributed by atoms with Crippen molar-refractivity contribution in [3.05, 3.63) is 53.6 Å². The maximum Gasteiger partial charge on any atom is 0.214 e. The van der Waals surface area contributed by atoms with Crippen LogP contribution in [0.15, 0.2) is 42.5 Å². The van der Waals surface area contributed by atoms with Gasteiger partial charge in [-0.1, -0.05) is 30.3 Å². The Morgan fingerprint density at radius 3 is 2.71 bits per heavy atom. The van der Waals surface area contributed by atoms with Gasteiger partial charge in [-0.25, -0.2) is 0 Å². The van der Waals surface area contributed by atoms with Crippen molar-refractivity contribution in [3.8, 4) is 11.5 Å². The van der Waals surface area contributed by atoms with Crippen LogP contribution < -0.4 is 9.64 Å². The minimum absolute atomic E-state index is 0.00882. The molecule has 2 aromatic rings. The van der Waals surface area contributed by atoms with Gasteiger partial charge in [0, 0.05) is 31.0 Å². The van der Waals surface area contributed by atoms with E-state index in [-0.39, 0.29) is 41.9 Å². The molecule has 3 rings (SSSR count). The Morgan fingerprint density at radius 2 is 2.03 bits per heavy atom. The van der Waals surface area contributed by atoms with Crippen molar-refractivity contribution in [3.63, 3.8) is 0 Å². The summed E-state index contributed by atoms with van der Waals surface area (Å²) in [5.41, 5.74) is 1.75. The molecule has 6 heteroatoms. The van der Waals surface area contributed by atoms with E-state index in [1.54, 1.807) is 6.07 Å². The summed E-state index contributed by atoms with van der Waals surface area (Å²) in [5.74, 6) is -0.533. The lowest BCUT2D eigenvalue weighted by molar-refractivity contribution is -0.117. The molecule has 1 heterocycles. The second-order valence-corrected chi connectivity index (χ2v) is 8.20. The minimum Gasteiger partial charge on any atom is -0.507 e. The van der Waals surface area contributed by atoms with E-state index in [2.05, 4.69) is 12.1 Å². The number of benzene rings is 2. The van der Waals surface area contributed by atoms with E-state index in [1.165, 1.54) is 23.5 Å². The molecule has 0 saturated carbocycles. The lowest BCUT2D eigenvalue weighted by atomic mass is 9.87. The van der Waals surface area contributed by atoms with Gasteiger partial charge >= 0.3 is 0 Å². The van der Waals surface area contributed by atoms with Crippen molar-refractivity contribution < 1.29 is 24.2 Å². The van der Waals surface area contributed by atoms with Crippen LogP contribution in [0.2, 0.25) is 0 Å². The molecule has 2 atom stereocenters. The monoisotopic (exact) mass is 423 g/mol. The summed E-state index contributed by atoms with van der Waals surface area (Å²) in [6.07, 6.45) is 3.93. The van der Waals surface area contributed by atoms with Crippen molar-refractivity contribution in [1.82, 2.24) is 0 Å². The zero-order valence-electron chi connectivity index (χ0n) is 18.0. The summed E-state index contributed by atoms with van der Waals surface area (Å²) in [7, 11) is 0. The Bertz CT molecular complexity index is 940. The SMILES string of the molecule is CC(=O)CCC1CN(C=O)c2cc(OC(C)CCCc3ccccc3)cc(O)c2C1=O. The Labute approximate surface area is 182 Å². The fraction of sp³-hybridized carbons (Fsp3) is 0.400. The summed E-state index contributed by atoms with van der Waals surface area (Å²) in [6, 6.07) is 13.3. The number of aromatic hydroxyl groups is 1. The average molecular weight is 424 g/mol. The molecule has 31 heavy (non-hydrogen) atoms. The maximum absolute atomic E-state index is 12.9. The average Bonchev–Trinajstić information content (AvgIpc) is 2.73. The van der Waals surface area contributed by atoms with E-state index in [4.69, 9.17) is 4.74 Å². The molecule has 0 fully saturated rings. The van der Waals surface area contributed by atoms with Crippen LogP contribution >= 0.6 is 0 Å². The number of amides is 1. The van der Waals surface area contributed by atoms with Crippen molar-refractivity contribution in [2.24, 2.45) is 5.92 Å². The van der Waals surface area contributed by atoms with Crippen LogP contribution in [0, 0.1) is 5.92 Å². The first-order valence-electron chi connectivity index (χ1n) is 10.7. The van der Waals surface area contributed by atoms with Crippen LogP contribution in [0.5, 0.6) is 11.5 Å². The number of hydrogen-bond acceptors (Lipinski definition) is 5. The molecule has 2 unspecified atom stereocenters. The predicted molar refractivity (Wildman–Crippen MR) is 119 cm³/mol. The number of ether oxygens (including phenoxy) is 1. The van der Waals surface area contributed by atoms with Crippen molar-refractivity contribution in [1.29, 1.82) is 0 Å². The molecule has 0 aliphatic carbocycles. The van der Waals surface area contributed by atoms with Gasteiger partial charge in [0.25, 0.3) is 0 Å². The molecule has 1 amide bonds. The number of phenolic OH excluding ortho intramolecular Hbond substituents is 1. The molecule has 1 aliphatic heterocycles. The molecule has 1 N–H and O–H groups in total. The number of aryl methyl sites for hydroxylation is 1. The van der Waals surface area contributed by atoms with E-state index in [1.807, 2.05) is 25.1 Å². The molecule has 1 aliphatic rings. The summed E-state index contributed by atoms with van der Waals surface area (Å²) < 4.78 is 5.97. The molecule has 0 aromatic heterocycles. The van der Waals surface area contributed by atoms with Crippen molar-refractivity contribution in [2.45, 2.75) is 52.1 Å². The number of phenols is 1. The number of fused-ring (bicyclic) bond motifs is 1. The van der Waals surface area contributed by atoms with E-state index in [0.717, 1.165) is 19.3 Å². The number of hydrogen-bond donors (Lipinski definition) is 1. The van der Waals surface area contributed by atoms with Crippen LogP contribution in [0.25, 0.3) is 0 Å². The maximum atomic E-state index is 12.9. The lowest BCUT2D eigenvalue weighted by Crippen LogP contribution is -2.38. The van der Waals surface area contributed by atoms with Crippen LogP contribution in [-0.4, -0.2) is 35.7 Å². The van der Waals surface area contributed by atoms with Gasteiger partial charge in [-0.2, -0.15) is 0 Å². The third-order valence-electron chi connectivity index (χ3n) is 5.64. The molecule has 0 bridgehead atoms. The molecule has 0 spiro atoms. The summed E-state index contributed by atoms with van der Waals surface area (Å²) in [6.45, 7) is 3.63. The van der Waals surface area contributed by atoms with Crippen molar-refractivity contribution >= 4 is 23.7 Å². The van der Waals surface area contributed by atoms with Gasteiger partial charge in [0.2, 0.25) is 6.41 Å². The number of Topliss-reactive ketones (excluding diaryl/α,β-unsaturated/α-hetero) is 2. The summed E-state index contributed by atoms with van der Waals surface area (Å²) >= 11 is 0. The van der Waals surface area contributed by atoms with E-state index < -0.39 is 5.92 Å². The molecule has 6 nitrogen and oxygen atoms in total. The van der Waals surface area contributed by atoms with Gasteiger partial charge in [0.15, 0.2) is 5.78 Å². The van der Waals surface area contributed by atoms with E-state index in [9.17, 15) is 19.5 Å². The lowest BCUT2D eigenvalue weighted by Gasteiger charge is -2.32. The van der Waals surface area contributed by atoms with Gasteiger partial charge in [-0.05, 0) is 45.1 Å². The molecular weight excluding hydrogens is 394 g/mol. The van der Waals surface area contributed by atoms with Gasteiger partial charge < -0.3 is 19.5 Å². The second kappa shape index (κ2) is 10.2. The van der Waals surface area contributed by atoms with Crippen LogP contribution in [0.4, 0.5) is 5.69 Å². The second-order valence-electron chi connectivity index (χ2n) is 8.20. The van der Waals surface area contributed by atoms with Crippen molar-refractivity contribution in [2.75, 3.05) is 11.4 Å². The number of nitrogens with zero attached hydrogens (tertiary/aromatic N) is 1. The third-order valence-corrected chi connectivity index (χ3v) is 5.64. The topological polar surface area (TPSA) is 83.9 Å². The quantitative estimate of drug-likeness (QED) is 0.575. The van der Waals surface area contributed by atoms with Gasteiger partial charge in [0.1, 0.15) is 17.3 Å². The van der Waals surface area contributed by atoms with E-state index in [0.29, 0.717) is 24.3 Å². The smallest absolute Gasteiger partial charge is 0.214 e. The molecule has 0 radical (unpaired) electrons. The Hall–Kier alpha value is -3.15. The first-order chi connectivity index (χ1) is 14.9. The number of carbonyl (C=O) groups is 3. The van der Waals surface area contributed by atoms with E-state index >= 15 is 0 Å². The molecule has 2 aromatic carbocycles. The Balaban J connectivity index is 1.69. The predicted octanol–water partition coefficient (Wildman–Crippen LogP) is 4.33. The fourth-order valence-electron chi connectivity index (χ4n) is 3.99. The third kappa shape index (κ3) is 5.72. The standard InChI is InChI=1S/C25H29NO5/c1-17(28)11-12-20-15-26(16-27)22-13-21(14-23(29)24(22)25(20)30)31-18(2)7-6-10-19-8-4-3-5-9-19/h3-5,8-9,13-14,16,18,20,29H,6-7,10-12,15H2,1-2H3.